The van der Waals surface area contributed by atoms with Crippen molar-refractivity contribution in [2.24, 2.45) is 0 Å². The van der Waals surface area contributed by atoms with E-state index in [1.807, 2.05) is 5.01 Å². The molecule has 1 fully saturated rings. The molecule has 1 aliphatic rings. The molecule has 0 bridgehead atoms. The number of morpholine rings is 1. The number of aliphatic hydroxyl groups excluding tert-OH is 1. The Morgan fingerprint density at radius 3 is 2.88 bits per heavy atom. The van der Waals surface area contributed by atoms with Crippen LogP contribution >= 0.6 is 0 Å². The minimum absolute atomic E-state index is 0.326. The zero-order valence-electron chi connectivity index (χ0n) is 9.60. The number of benzene rings is 1. The van der Waals surface area contributed by atoms with Crippen LogP contribution in [0, 0.1) is 5.82 Å². The molecule has 2 N–H and O–H groups in total. The summed E-state index contributed by atoms with van der Waals surface area (Å²) < 4.78 is 18.2. The molecule has 0 aromatic heterocycles. The quantitative estimate of drug-likeness (QED) is 0.813. The van der Waals surface area contributed by atoms with E-state index in [0.29, 0.717) is 25.3 Å². The molecule has 17 heavy (non-hydrogen) atoms. The predicted molar refractivity (Wildman–Crippen MR) is 61.8 cm³/mol. The highest BCUT2D eigenvalue weighted by Gasteiger charge is 2.13. The monoisotopic (exact) mass is 240 g/mol. The van der Waals surface area contributed by atoms with E-state index in [1.54, 1.807) is 12.1 Å². The van der Waals surface area contributed by atoms with Crippen molar-refractivity contribution in [1.29, 1.82) is 0 Å². The van der Waals surface area contributed by atoms with Crippen molar-refractivity contribution in [1.82, 2.24) is 10.4 Å². The smallest absolute Gasteiger partial charge is 0.123 e. The van der Waals surface area contributed by atoms with Crippen molar-refractivity contribution in [2.75, 3.05) is 32.8 Å². The molecule has 1 aliphatic heterocycles. The third kappa shape index (κ3) is 3.74. The Bertz CT molecular complexity index is 356. The fourth-order valence-corrected chi connectivity index (χ4v) is 1.77. The number of ether oxygens (including phenoxy) is 1. The van der Waals surface area contributed by atoms with Crippen LogP contribution < -0.4 is 5.43 Å². The van der Waals surface area contributed by atoms with Crippen molar-refractivity contribution in [3.63, 3.8) is 0 Å². The lowest BCUT2D eigenvalue weighted by Gasteiger charge is -2.28. The van der Waals surface area contributed by atoms with E-state index >= 15 is 0 Å². The number of nitrogens with one attached hydrogen (secondary N) is 1. The Morgan fingerprint density at radius 1 is 1.41 bits per heavy atom. The number of hydrogen-bond donors (Lipinski definition) is 2. The lowest BCUT2D eigenvalue weighted by molar-refractivity contribution is 0.00311. The van der Waals surface area contributed by atoms with Crippen LogP contribution in [-0.2, 0) is 4.74 Å². The van der Waals surface area contributed by atoms with Crippen LogP contribution in [0.2, 0.25) is 0 Å². The van der Waals surface area contributed by atoms with Crippen molar-refractivity contribution in [3.05, 3.63) is 35.6 Å². The van der Waals surface area contributed by atoms with Gasteiger partial charge in [0.1, 0.15) is 5.82 Å². The maximum Gasteiger partial charge on any atom is 0.123 e. The Labute approximate surface area is 100.0 Å². The minimum Gasteiger partial charge on any atom is -0.387 e. The average molecular weight is 240 g/mol. The van der Waals surface area contributed by atoms with Crippen molar-refractivity contribution in [2.45, 2.75) is 6.10 Å². The van der Waals surface area contributed by atoms with Crippen LogP contribution in [0.4, 0.5) is 4.39 Å². The van der Waals surface area contributed by atoms with Gasteiger partial charge in [0, 0.05) is 19.6 Å². The van der Waals surface area contributed by atoms with Gasteiger partial charge in [0.2, 0.25) is 0 Å². The normalized spacial score (nSPS) is 19.2. The number of rotatable bonds is 4. The van der Waals surface area contributed by atoms with Crippen LogP contribution in [0.5, 0.6) is 0 Å². The summed E-state index contributed by atoms with van der Waals surface area (Å²) >= 11 is 0. The molecule has 94 valence electrons. The van der Waals surface area contributed by atoms with E-state index in [-0.39, 0.29) is 5.82 Å². The zero-order chi connectivity index (χ0) is 12.1. The van der Waals surface area contributed by atoms with Crippen LogP contribution in [0.25, 0.3) is 0 Å². The molecule has 4 nitrogen and oxygen atoms in total. The summed E-state index contributed by atoms with van der Waals surface area (Å²) in [5, 5.41) is 11.9. The number of hydrogen-bond acceptors (Lipinski definition) is 4. The SMILES string of the molecule is OC(CNN1CCOCC1)c1cccc(F)c1. The van der Waals surface area contributed by atoms with Gasteiger partial charge in [-0.3, -0.25) is 5.43 Å². The maximum absolute atomic E-state index is 13.0. The molecule has 1 aromatic carbocycles. The summed E-state index contributed by atoms with van der Waals surface area (Å²) in [5.41, 5.74) is 3.71. The summed E-state index contributed by atoms with van der Waals surface area (Å²) in [6.45, 7) is 3.38. The van der Waals surface area contributed by atoms with E-state index in [4.69, 9.17) is 4.74 Å². The summed E-state index contributed by atoms with van der Waals surface area (Å²) in [6, 6.07) is 6.04. The number of nitrogens with zero attached hydrogens (tertiary/aromatic N) is 1. The number of halogens is 1. The first-order valence-corrected chi connectivity index (χ1v) is 5.75. The molecule has 0 radical (unpaired) electrons. The fourth-order valence-electron chi connectivity index (χ4n) is 1.77. The van der Waals surface area contributed by atoms with Crippen molar-refractivity contribution >= 4 is 0 Å². The highest BCUT2D eigenvalue weighted by atomic mass is 19.1. The van der Waals surface area contributed by atoms with E-state index in [9.17, 15) is 9.50 Å². The van der Waals surface area contributed by atoms with Gasteiger partial charge in [-0.2, -0.15) is 0 Å². The third-order valence-corrected chi connectivity index (χ3v) is 2.75. The Kier molecular flexibility index (Phi) is 4.44. The second kappa shape index (κ2) is 6.07. The molecule has 1 heterocycles. The Hall–Kier alpha value is -1.01. The number of aliphatic hydroxyl groups is 1. The third-order valence-electron chi connectivity index (χ3n) is 2.75. The minimum atomic E-state index is -0.700. The van der Waals surface area contributed by atoms with Gasteiger partial charge in [-0.05, 0) is 17.7 Å². The van der Waals surface area contributed by atoms with Crippen LogP contribution in [0.15, 0.2) is 24.3 Å². The Morgan fingerprint density at radius 2 is 2.18 bits per heavy atom. The largest absolute Gasteiger partial charge is 0.387 e. The molecule has 5 heteroatoms. The Balaban J connectivity index is 1.82. The fraction of sp³-hybridized carbons (Fsp3) is 0.500. The summed E-state index contributed by atoms with van der Waals surface area (Å²) in [5.74, 6) is -0.326. The molecule has 1 unspecified atom stereocenters. The van der Waals surface area contributed by atoms with Crippen LogP contribution in [-0.4, -0.2) is 43.0 Å². The second-order valence-electron chi connectivity index (χ2n) is 4.03. The molecule has 2 rings (SSSR count). The van der Waals surface area contributed by atoms with Gasteiger partial charge in [0.15, 0.2) is 0 Å². The maximum atomic E-state index is 13.0. The number of hydrazine groups is 1. The van der Waals surface area contributed by atoms with Crippen LogP contribution in [0.3, 0.4) is 0 Å². The van der Waals surface area contributed by atoms with Gasteiger partial charge in [0.25, 0.3) is 0 Å². The molecule has 0 spiro atoms. The van der Waals surface area contributed by atoms with Gasteiger partial charge < -0.3 is 9.84 Å². The highest BCUT2D eigenvalue weighted by Crippen LogP contribution is 2.13. The second-order valence-corrected chi connectivity index (χ2v) is 4.03. The van der Waals surface area contributed by atoms with E-state index in [0.717, 1.165) is 13.1 Å². The lowest BCUT2D eigenvalue weighted by atomic mass is 10.1. The van der Waals surface area contributed by atoms with Gasteiger partial charge in [-0.15, -0.1) is 0 Å². The molecule has 0 amide bonds. The average Bonchev–Trinajstić information content (AvgIpc) is 2.37. The summed E-state index contributed by atoms with van der Waals surface area (Å²) in [4.78, 5) is 0. The molecule has 1 aromatic rings. The molecule has 1 atom stereocenters. The van der Waals surface area contributed by atoms with Gasteiger partial charge >= 0.3 is 0 Å². The predicted octanol–water partition coefficient (Wildman–Crippen LogP) is 0.696. The van der Waals surface area contributed by atoms with Gasteiger partial charge in [-0.1, -0.05) is 12.1 Å². The lowest BCUT2D eigenvalue weighted by Crippen LogP contribution is -2.47. The van der Waals surface area contributed by atoms with E-state index in [1.165, 1.54) is 12.1 Å². The van der Waals surface area contributed by atoms with Crippen molar-refractivity contribution in [3.8, 4) is 0 Å². The topological polar surface area (TPSA) is 44.7 Å². The molecule has 0 saturated carbocycles. The standard InChI is InChI=1S/C12H17FN2O2/c13-11-3-1-2-10(8-11)12(16)9-14-15-4-6-17-7-5-15/h1-3,8,12,14,16H,4-7,9H2. The first-order chi connectivity index (χ1) is 8.25. The molecule has 1 saturated heterocycles. The zero-order valence-corrected chi connectivity index (χ0v) is 9.60. The molecular weight excluding hydrogens is 223 g/mol. The first-order valence-electron chi connectivity index (χ1n) is 5.75. The van der Waals surface area contributed by atoms with Gasteiger partial charge in [-0.25, -0.2) is 9.40 Å². The van der Waals surface area contributed by atoms with E-state index in [2.05, 4.69) is 5.43 Å². The molecule has 0 aliphatic carbocycles. The van der Waals surface area contributed by atoms with Gasteiger partial charge in [0.05, 0.1) is 19.3 Å². The van der Waals surface area contributed by atoms with E-state index < -0.39 is 6.10 Å². The molecular formula is C12H17FN2O2. The van der Waals surface area contributed by atoms with Crippen molar-refractivity contribution < 1.29 is 14.2 Å². The first kappa shape index (κ1) is 12.4. The highest BCUT2D eigenvalue weighted by molar-refractivity contribution is 5.18. The van der Waals surface area contributed by atoms with Crippen LogP contribution in [0.1, 0.15) is 11.7 Å². The summed E-state index contributed by atoms with van der Waals surface area (Å²) in [6.07, 6.45) is -0.700. The summed E-state index contributed by atoms with van der Waals surface area (Å²) in [7, 11) is 0.